The van der Waals surface area contributed by atoms with E-state index in [9.17, 15) is 4.79 Å². The molecule has 0 fully saturated rings. The Labute approximate surface area is 137 Å². The third-order valence-corrected chi connectivity index (χ3v) is 4.27. The summed E-state index contributed by atoms with van der Waals surface area (Å²) in [5.74, 6) is 0.0539. The predicted octanol–water partition coefficient (Wildman–Crippen LogP) is 2.66. The highest BCUT2D eigenvalue weighted by molar-refractivity contribution is 7.80. The van der Waals surface area contributed by atoms with Crippen molar-refractivity contribution in [3.8, 4) is 0 Å². The average molecular weight is 317 g/mol. The standard InChI is InChI=1S/C17H23N3OS/c1-5-20(6-2)16(21)14-12(4)18-17(22)19-15(14)13-10-8-7-9-11(13)3/h7-10,15H,5-6H2,1-4H3,(H2,18,19,22)/t15-/m0/s1. The predicted molar refractivity (Wildman–Crippen MR) is 93.4 cm³/mol. The fourth-order valence-electron chi connectivity index (χ4n) is 2.80. The van der Waals surface area contributed by atoms with Crippen molar-refractivity contribution in [2.45, 2.75) is 33.7 Å². The first-order valence-corrected chi connectivity index (χ1v) is 8.03. The number of carbonyl (C=O) groups is 1. The number of amides is 1. The Morgan fingerprint density at radius 2 is 1.86 bits per heavy atom. The Balaban J connectivity index is 2.50. The maximum atomic E-state index is 12.9. The second-order valence-corrected chi connectivity index (χ2v) is 5.81. The lowest BCUT2D eigenvalue weighted by Gasteiger charge is -2.33. The molecule has 1 heterocycles. The molecule has 118 valence electrons. The largest absolute Gasteiger partial charge is 0.351 e. The zero-order chi connectivity index (χ0) is 16.3. The molecule has 1 aromatic rings. The number of carbonyl (C=O) groups excluding carboxylic acids is 1. The van der Waals surface area contributed by atoms with Crippen LogP contribution in [0.2, 0.25) is 0 Å². The number of thiocarbonyl (C=S) groups is 1. The third kappa shape index (κ3) is 3.14. The molecule has 0 saturated heterocycles. The Hall–Kier alpha value is -1.88. The molecule has 22 heavy (non-hydrogen) atoms. The minimum Gasteiger partial charge on any atom is -0.351 e. The molecular weight excluding hydrogens is 294 g/mol. The second-order valence-electron chi connectivity index (χ2n) is 5.40. The van der Waals surface area contributed by atoms with E-state index >= 15 is 0 Å². The number of likely N-dealkylation sites (N-methyl/N-ethyl adjacent to an activating group) is 1. The number of nitrogens with one attached hydrogen (secondary N) is 2. The lowest BCUT2D eigenvalue weighted by atomic mass is 9.91. The van der Waals surface area contributed by atoms with Gasteiger partial charge in [0.1, 0.15) is 0 Å². The summed E-state index contributed by atoms with van der Waals surface area (Å²) in [4.78, 5) is 14.8. The molecule has 1 amide bonds. The summed E-state index contributed by atoms with van der Waals surface area (Å²) >= 11 is 5.28. The van der Waals surface area contributed by atoms with Gasteiger partial charge in [0.05, 0.1) is 11.6 Å². The normalized spacial score (nSPS) is 17.8. The van der Waals surface area contributed by atoms with Gasteiger partial charge in [0, 0.05) is 18.8 Å². The van der Waals surface area contributed by atoms with Crippen molar-refractivity contribution < 1.29 is 4.79 Å². The van der Waals surface area contributed by atoms with Crippen molar-refractivity contribution >= 4 is 23.2 Å². The minimum absolute atomic E-state index is 0.0539. The maximum Gasteiger partial charge on any atom is 0.253 e. The first-order valence-electron chi connectivity index (χ1n) is 7.62. The molecule has 2 rings (SSSR count). The van der Waals surface area contributed by atoms with Crippen molar-refractivity contribution in [3.63, 3.8) is 0 Å². The molecule has 1 aromatic carbocycles. The monoisotopic (exact) mass is 317 g/mol. The lowest BCUT2D eigenvalue weighted by Crippen LogP contribution is -2.47. The number of rotatable bonds is 4. The van der Waals surface area contributed by atoms with Crippen LogP contribution in [0.1, 0.15) is 37.9 Å². The number of hydrogen-bond acceptors (Lipinski definition) is 2. The van der Waals surface area contributed by atoms with E-state index in [1.54, 1.807) is 0 Å². The highest BCUT2D eigenvalue weighted by Gasteiger charge is 2.32. The van der Waals surface area contributed by atoms with E-state index in [0.29, 0.717) is 18.2 Å². The zero-order valence-corrected chi connectivity index (χ0v) is 14.4. The van der Waals surface area contributed by atoms with Crippen LogP contribution in [-0.2, 0) is 4.79 Å². The number of aryl methyl sites for hydroxylation is 1. The SMILES string of the molecule is CCN(CC)C(=O)C1=C(C)NC(=S)N[C@H]1c1ccccc1C. The fourth-order valence-corrected chi connectivity index (χ4v) is 3.07. The smallest absolute Gasteiger partial charge is 0.253 e. The van der Waals surface area contributed by atoms with Crippen LogP contribution in [0, 0.1) is 6.92 Å². The van der Waals surface area contributed by atoms with Crippen molar-refractivity contribution in [2.24, 2.45) is 0 Å². The van der Waals surface area contributed by atoms with Gasteiger partial charge in [0.15, 0.2) is 5.11 Å². The molecule has 0 aromatic heterocycles. The molecule has 0 radical (unpaired) electrons. The summed E-state index contributed by atoms with van der Waals surface area (Å²) in [6.45, 7) is 9.34. The molecule has 0 aliphatic carbocycles. The Kier molecular flexibility index (Phi) is 5.19. The summed E-state index contributed by atoms with van der Waals surface area (Å²) in [5.41, 5.74) is 3.80. The molecule has 0 unspecified atom stereocenters. The van der Waals surface area contributed by atoms with E-state index in [4.69, 9.17) is 12.2 Å². The summed E-state index contributed by atoms with van der Waals surface area (Å²) in [6.07, 6.45) is 0. The molecule has 0 saturated carbocycles. The van der Waals surface area contributed by atoms with Gasteiger partial charge in [-0.3, -0.25) is 4.79 Å². The number of allylic oxidation sites excluding steroid dienone is 1. The summed E-state index contributed by atoms with van der Waals surface area (Å²) < 4.78 is 0. The van der Waals surface area contributed by atoms with Gasteiger partial charge in [-0.15, -0.1) is 0 Å². The highest BCUT2D eigenvalue weighted by atomic mass is 32.1. The van der Waals surface area contributed by atoms with Crippen molar-refractivity contribution in [3.05, 3.63) is 46.7 Å². The van der Waals surface area contributed by atoms with Crippen LogP contribution in [0.5, 0.6) is 0 Å². The second kappa shape index (κ2) is 6.92. The Morgan fingerprint density at radius 3 is 2.45 bits per heavy atom. The van der Waals surface area contributed by atoms with Crippen LogP contribution in [0.25, 0.3) is 0 Å². The number of benzene rings is 1. The van der Waals surface area contributed by atoms with Crippen molar-refractivity contribution in [1.29, 1.82) is 0 Å². The van der Waals surface area contributed by atoms with E-state index in [1.165, 1.54) is 0 Å². The van der Waals surface area contributed by atoms with Gasteiger partial charge in [-0.2, -0.15) is 0 Å². The summed E-state index contributed by atoms with van der Waals surface area (Å²) in [5, 5.41) is 6.90. The lowest BCUT2D eigenvalue weighted by molar-refractivity contribution is -0.127. The molecule has 2 N–H and O–H groups in total. The summed E-state index contributed by atoms with van der Waals surface area (Å²) in [6, 6.07) is 7.88. The van der Waals surface area contributed by atoms with Crippen LogP contribution < -0.4 is 10.6 Å². The van der Waals surface area contributed by atoms with E-state index in [1.807, 2.05) is 43.9 Å². The van der Waals surface area contributed by atoms with Crippen LogP contribution in [-0.4, -0.2) is 29.0 Å². The Bertz CT molecular complexity index is 620. The fraction of sp³-hybridized carbons (Fsp3) is 0.412. The molecule has 1 atom stereocenters. The van der Waals surface area contributed by atoms with Crippen LogP contribution in [0.4, 0.5) is 0 Å². The quantitative estimate of drug-likeness (QED) is 0.838. The molecule has 5 heteroatoms. The Morgan fingerprint density at radius 1 is 1.23 bits per heavy atom. The highest BCUT2D eigenvalue weighted by Crippen LogP contribution is 2.30. The molecule has 1 aliphatic heterocycles. The van der Waals surface area contributed by atoms with Gasteiger partial charge in [-0.1, -0.05) is 24.3 Å². The van der Waals surface area contributed by atoms with Crippen molar-refractivity contribution in [1.82, 2.24) is 15.5 Å². The molecule has 4 nitrogen and oxygen atoms in total. The number of hydrogen-bond donors (Lipinski definition) is 2. The third-order valence-electron chi connectivity index (χ3n) is 4.05. The molecular formula is C17H23N3OS. The van der Waals surface area contributed by atoms with E-state index in [-0.39, 0.29) is 11.9 Å². The van der Waals surface area contributed by atoms with Gasteiger partial charge in [0.2, 0.25) is 0 Å². The summed E-state index contributed by atoms with van der Waals surface area (Å²) in [7, 11) is 0. The van der Waals surface area contributed by atoms with Gasteiger partial charge >= 0.3 is 0 Å². The van der Waals surface area contributed by atoms with E-state index in [2.05, 4.69) is 23.6 Å². The first-order chi connectivity index (χ1) is 10.5. The minimum atomic E-state index is -0.206. The maximum absolute atomic E-state index is 12.9. The van der Waals surface area contributed by atoms with E-state index in [0.717, 1.165) is 22.4 Å². The average Bonchev–Trinajstić information content (AvgIpc) is 2.48. The van der Waals surface area contributed by atoms with Gasteiger partial charge in [-0.05, 0) is 51.0 Å². The zero-order valence-electron chi connectivity index (χ0n) is 13.6. The first kappa shape index (κ1) is 16.5. The molecule has 1 aliphatic rings. The van der Waals surface area contributed by atoms with Crippen LogP contribution >= 0.6 is 12.2 Å². The van der Waals surface area contributed by atoms with Crippen molar-refractivity contribution in [2.75, 3.05) is 13.1 Å². The molecule has 0 bridgehead atoms. The molecule has 0 spiro atoms. The van der Waals surface area contributed by atoms with E-state index < -0.39 is 0 Å². The van der Waals surface area contributed by atoms with Gasteiger partial charge in [-0.25, -0.2) is 0 Å². The number of nitrogens with zero attached hydrogens (tertiary/aromatic N) is 1. The van der Waals surface area contributed by atoms with Crippen LogP contribution in [0.15, 0.2) is 35.5 Å². The van der Waals surface area contributed by atoms with Crippen LogP contribution in [0.3, 0.4) is 0 Å². The van der Waals surface area contributed by atoms with Gasteiger partial charge in [0.25, 0.3) is 5.91 Å². The van der Waals surface area contributed by atoms with Gasteiger partial charge < -0.3 is 15.5 Å². The topological polar surface area (TPSA) is 44.4 Å².